The number of amides is 1. The number of pyridine rings is 2. The van der Waals surface area contributed by atoms with Crippen LogP contribution in [0, 0.1) is 11.3 Å². The standard InChI is InChI=1S/C24H26FN9O2/c1-36-9-7-27-14-22(35)33-21-3-2-19(13-29-21)31-24-28-6-4-20(32-24)17-10-16(11-26)23(30-12-17)34-8-5-18(25)15-34/h2-4,6,10,12-13,18,27H,5,7-9,14-15H2,1H3,(H,28,31,32)(H,29,33,35). The first-order valence-electron chi connectivity index (χ1n) is 11.4. The fourth-order valence-corrected chi connectivity index (χ4v) is 3.66. The Morgan fingerprint density at radius 1 is 1.28 bits per heavy atom. The van der Waals surface area contributed by atoms with Gasteiger partial charge in [0.2, 0.25) is 11.9 Å². The van der Waals surface area contributed by atoms with Gasteiger partial charge in [-0.25, -0.2) is 24.3 Å². The molecule has 1 atom stereocenters. The number of hydrogen-bond acceptors (Lipinski definition) is 10. The van der Waals surface area contributed by atoms with Gasteiger partial charge in [0.15, 0.2) is 0 Å². The second-order valence-electron chi connectivity index (χ2n) is 8.08. The van der Waals surface area contributed by atoms with Crippen molar-refractivity contribution in [2.75, 3.05) is 55.4 Å². The van der Waals surface area contributed by atoms with E-state index in [0.717, 1.165) is 0 Å². The molecule has 0 saturated carbocycles. The molecule has 186 valence electrons. The van der Waals surface area contributed by atoms with E-state index in [9.17, 15) is 14.4 Å². The zero-order valence-corrected chi connectivity index (χ0v) is 19.7. The van der Waals surface area contributed by atoms with Gasteiger partial charge >= 0.3 is 0 Å². The summed E-state index contributed by atoms with van der Waals surface area (Å²) in [7, 11) is 1.60. The van der Waals surface area contributed by atoms with Crippen molar-refractivity contribution < 1.29 is 13.9 Å². The Labute approximate surface area is 207 Å². The minimum atomic E-state index is -0.906. The molecule has 3 N–H and O–H groups in total. The second-order valence-corrected chi connectivity index (χ2v) is 8.08. The maximum absolute atomic E-state index is 13.6. The van der Waals surface area contributed by atoms with E-state index >= 15 is 0 Å². The average Bonchev–Trinajstić information content (AvgIpc) is 3.33. The maximum atomic E-state index is 13.6. The van der Waals surface area contributed by atoms with Gasteiger partial charge in [-0.15, -0.1) is 0 Å². The molecule has 3 aromatic heterocycles. The number of nitriles is 1. The van der Waals surface area contributed by atoms with Gasteiger partial charge in [0, 0.05) is 38.2 Å². The molecule has 36 heavy (non-hydrogen) atoms. The van der Waals surface area contributed by atoms with Crippen LogP contribution < -0.4 is 20.9 Å². The summed E-state index contributed by atoms with van der Waals surface area (Å²) in [4.78, 5) is 31.1. The maximum Gasteiger partial charge on any atom is 0.239 e. The number of halogens is 1. The van der Waals surface area contributed by atoms with Crippen molar-refractivity contribution in [1.82, 2.24) is 25.3 Å². The van der Waals surface area contributed by atoms with Gasteiger partial charge in [-0.1, -0.05) is 0 Å². The van der Waals surface area contributed by atoms with Crippen LogP contribution in [0.2, 0.25) is 0 Å². The molecule has 4 rings (SSSR count). The molecule has 0 aliphatic carbocycles. The van der Waals surface area contributed by atoms with Crippen molar-refractivity contribution in [2.24, 2.45) is 0 Å². The monoisotopic (exact) mass is 491 g/mol. The van der Waals surface area contributed by atoms with Gasteiger partial charge in [0.1, 0.15) is 23.9 Å². The van der Waals surface area contributed by atoms with E-state index in [4.69, 9.17) is 4.74 Å². The molecule has 0 bridgehead atoms. The van der Waals surface area contributed by atoms with Gasteiger partial charge < -0.3 is 25.6 Å². The molecule has 4 heterocycles. The lowest BCUT2D eigenvalue weighted by Gasteiger charge is -2.18. The average molecular weight is 492 g/mol. The number of nitrogens with zero attached hydrogens (tertiary/aromatic N) is 6. The van der Waals surface area contributed by atoms with Crippen LogP contribution in [0.15, 0.2) is 42.9 Å². The molecule has 0 radical (unpaired) electrons. The number of rotatable bonds is 10. The predicted octanol–water partition coefficient (Wildman–Crippen LogP) is 2.27. The van der Waals surface area contributed by atoms with E-state index in [1.165, 1.54) is 0 Å². The van der Waals surface area contributed by atoms with E-state index in [0.29, 0.717) is 66.2 Å². The zero-order valence-electron chi connectivity index (χ0n) is 19.7. The second kappa shape index (κ2) is 12.0. The van der Waals surface area contributed by atoms with Crippen molar-refractivity contribution in [3.8, 4) is 17.3 Å². The molecule has 1 saturated heterocycles. The minimum Gasteiger partial charge on any atom is -0.383 e. The van der Waals surface area contributed by atoms with Crippen LogP contribution in [0.4, 0.5) is 27.7 Å². The highest BCUT2D eigenvalue weighted by atomic mass is 19.1. The summed E-state index contributed by atoms with van der Waals surface area (Å²) in [6.07, 6.45) is 4.30. The van der Waals surface area contributed by atoms with Crippen molar-refractivity contribution in [3.63, 3.8) is 0 Å². The molecule has 12 heteroatoms. The van der Waals surface area contributed by atoms with Crippen LogP contribution in [0.3, 0.4) is 0 Å². The first-order valence-corrected chi connectivity index (χ1v) is 11.4. The number of anilines is 4. The van der Waals surface area contributed by atoms with Gasteiger partial charge in [0.25, 0.3) is 0 Å². The topological polar surface area (TPSA) is 141 Å². The summed E-state index contributed by atoms with van der Waals surface area (Å²) >= 11 is 0. The van der Waals surface area contributed by atoms with E-state index < -0.39 is 6.17 Å². The highest BCUT2D eigenvalue weighted by Gasteiger charge is 2.25. The highest BCUT2D eigenvalue weighted by molar-refractivity contribution is 5.91. The van der Waals surface area contributed by atoms with Crippen molar-refractivity contribution in [3.05, 3.63) is 48.4 Å². The SMILES string of the molecule is COCCNCC(=O)Nc1ccc(Nc2nccc(-c3cnc(N4CCC(F)C4)c(C#N)c3)n2)cn1. The molecule has 1 fully saturated rings. The van der Waals surface area contributed by atoms with Crippen LogP contribution >= 0.6 is 0 Å². The Hall–Kier alpha value is -4.21. The van der Waals surface area contributed by atoms with Gasteiger partial charge in [-0.2, -0.15) is 5.26 Å². The normalized spacial score (nSPS) is 14.9. The lowest BCUT2D eigenvalue weighted by atomic mass is 10.1. The first-order chi connectivity index (χ1) is 17.6. The zero-order chi connectivity index (χ0) is 25.3. The number of carbonyl (C=O) groups is 1. The number of methoxy groups -OCH3 is 1. The van der Waals surface area contributed by atoms with Crippen molar-refractivity contribution >= 4 is 29.2 Å². The summed E-state index contributed by atoms with van der Waals surface area (Å²) < 4.78 is 18.5. The molecule has 1 aliphatic heterocycles. The van der Waals surface area contributed by atoms with Gasteiger partial charge in [-0.05, 0) is 30.7 Å². The number of nitrogens with one attached hydrogen (secondary N) is 3. The quantitative estimate of drug-likeness (QED) is 0.362. The molecule has 0 aromatic carbocycles. The fourth-order valence-electron chi connectivity index (χ4n) is 3.66. The molecule has 1 amide bonds. The lowest BCUT2D eigenvalue weighted by molar-refractivity contribution is -0.115. The Bertz CT molecular complexity index is 1230. The van der Waals surface area contributed by atoms with Crippen LogP contribution in [0.1, 0.15) is 12.0 Å². The molecular formula is C24H26FN9O2. The summed E-state index contributed by atoms with van der Waals surface area (Å²) in [6.45, 7) is 2.03. The summed E-state index contributed by atoms with van der Waals surface area (Å²) in [5.41, 5.74) is 2.22. The van der Waals surface area contributed by atoms with Crippen molar-refractivity contribution in [2.45, 2.75) is 12.6 Å². The Balaban J connectivity index is 1.40. The lowest BCUT2D eigenvalue weighted by Crippen LogP contribution is -2.30. The van der Waals surface area contributed by atoms with Crippen LogP contribution in [0.25, 0.3) is 11.3 Å². The highest BCUT2D eigenvalue weighted by Crippen LogP contribution is 2.27. The number of carbonyl (C=O) groups excluding carboxylic acids is 1. The third-order valence-electron chi connectivity index (χ3n) is 5.42. The number of alkyl halides is 1. The van der Waals surface area contributed by atoms with Crippen LogP contribution in [-0.4, -0.2) is 71.9 Å². The molecule has 3 aromatic rings. The molecule has 1 aliphatic rings. The van der Waals surface area contributed by atoms with E-state index in [1.54, 1.807) is 54.9 Å². The first kappa shape index (κ1) is 24.9. The molecule has 1 unspecified atom stereocenters. The summed E-state index contributed by atoms with van der Waals surface area (Å²) in [6, 6.07) is 8.98. The van der Waals surface area contributed by atoms with Crippen molar-refractivity contribution in [1.29, 1.82) is 5.26 Å². The molecular weight excluding hydrogens is 465 g/mol. The van der Waals surface area contributed by atoms with Gasteiger partial charge in [-0.3, -0.25) is 4.79 Å². The predicted molar refractivity (Wildman–Crippen MR) is 133 cm³/mol. The summed E-state index contributed by atoms with van der Waals surface area (Å²) in [5, 5.41) is 18.4. The summed E-state index contributed by atoms with van der Waals surface area (Å²) in [5.74, 6) is 1.02. The smallest absolute Gasteiger partial charge is 0.239 e. The molecule has 0 spiro atoms. The van der Waals surface area contributed by atoms with Crippen LogP contribution in [0.5, 0.6) is 0 Å². The minimum absolute atomic E-state index is 0.156. The third kappa shape index (κ3) is 6.47. The molecule has 11 nitrogen and oxygen atoms in total. The van der Waals surface area contributed by atoms with Gasteiger partial charge in [0.05, 0.1) is 42.8 Å². The van der Waals surface area contributed by atoms with E-state index in [2.05, 4.69) is 42.0 Å². The Kier molecular flexibility index (Phi) is 8.28. The van der Waals surface area contributed by atoms with E-state index in [1.807, 2.05) is 0 Å². The fraction of sp³-hybridized carbons (Fsp3) is 0.333. The number of aromatic nitrogens is 4. The Morgan fingerprint density at radius 2 is 2.17 bits per heavy atom. The third-order valence-corrected chi connectivity index (χ3v) is 5.42. The Morgan fingerprint density at radius 3 is 2.89 bits per heavy atom. The van der Waals surface area contributed by atoms with E-state index in [-0.39, 0.29) is 19.0 Å². The van der Waals surface area contributed by atoms with Crippen LogP contribution in [-0.2, 0) is 9.53 Å². The largest absolute Gasteiger partial charge is 0.383 e. The number of ether oxygens (including phenoxy) is 1. The number of hydrogen-bond donors (Lipinski definition) is 3.